The van der Waals surface area contributed by atoms with Crippen molar-refractivity contribution in [1.82, 2.24) is 4.57 Å². The minimum absolute atomic E-state index is 1.15. The molecule has 0 spiro atoms. The fraction of sp³-hybridized carbons (Fsp3) is 0.412. The zero-order valence-electron chi connectivity index (χ0n) is 11.7. The average Bonchev–Trinajstić information content (AvgIpc) is 2.64. The average molecular weight is 241 g/mol. The van der Waals surface area contributed by atoms with Gasteiger partial charge in [0.15, 0.2) is 0 Å². The molecule has 96 valence electrons. The lowest BCUT2D eigenvalue weighted by Crippen LogP contribution is -1.99. The number of benzene rings is 1. The van der Waals surface area contributed by atoms with Gasteiger partial charge >= 0.3 is 0 Å². The van der Waals surface area contributed by atoms with E-state index in [2.05, 4.69) is 61.9 Å². The molecule has 0 amide bonds. The van der Waals surface area contributed by atoms with Gasteiger partial charge in [0.25, 0.3) is 0 Å². The van der Waals surface area contributed by atoms with E-state index in [9.17, 15) is 0 Å². The van der Waals surface area contributed by atoms with Crippen molar-refractivity contribution in [2.75, 3.05) is 0 Å². The Morgan fingerprint density at radius 2 is 1.67 bits per heavy atom. The zero-order valence-corrected chi connectivity index (χ0v) is 11.7. The van der Waals surface area contributed by atoms with Crippen LogP contribution < -0.4 is 0 Å². The van der Waals surface area contributed by atoms with Crippen molar-refractivity contribution >= 4 is 0 Å². The van der Waals surface area contributed by atoms with Crippen molar-refractivity contribution in [3.8, 4) is 0 Å². The Bertz CT molecular complexity index is 494. The topological polar surface area (TPSA) is 4.93 Å². The smallest absolute Gasteiger partial charge is 0.0222 e. The normalized spacial score (nSPS) is 10.8. The van der Waals surface area contributed by atoms with Crippen LogP contribution in [0.4, 0.5) is 0 Å². The SMILES string of the molecule is Cc1cn(CCCCc2ccccc2)c(C)c1C. The Labute approximate surface area is 110 Å². The van der Waals surface area contributed by atoms with E-state index in [1.54, 1.807) is 0 Å². The van der Waals surface area contributed by atoms with Gasteiger partial charge in [0.2, 0.25) is 0 Å². The first-order chi connectivity index (χ1) is 8.68. The van der Waals surface area contributed by atoms with Gasteiger partial charge in [-0.2, -0.15) is 0 Å². The molecule has 0 aliphatic heterocycles. The predicted molar refractivity (Wildman–Crippen MR) is 78.0 cm³/mol. The van der Waals surface area contributed by atoms with Crippen molar-refractivity contribution in [2.24, 2.45) is 0 Å². The van der Waals surface area contributed by atoms with Crippen molar-refractivity contribution in [2.45, 2.75) is 46.6 Å². The van der Waals surface area contributed by atoms with Gasteiger partial charge in [-0.05, 0) is 56.7 Å². The lowest BCUT2D eigenvalue weighted by atomic mass is 10.1. The first-order valence-corrected chi connectivity index (χ1v) is 6.85. The Hall–Kier alpha value is -1.50. The maximum Gasteiger partial charge on any atom is 0.0222 e. The molecule has 0 fully saturated rings. The molecule has 0 atom stereocenters. The number of hydrogen-bond acceptors (Lipinski definition) is 0. The van der Waals surface area contributed by atoms with Crippen molar-refractivity contribution in [1.29, 1.82) is 0 Å². The number of hydrogen-bond donors (Lipinski definition) is 0. The van der Waals surface area contributed by atoms with Crippen LogP contribution in [-0.4, -0.2) is 4.57 Å². The lowest BCUT2D eigenvalue weighted by Gasteiger charge is -2.06. The molecule has 18 heavy (non-hydrogen) atoms. The molecule has 0 N–H and O–H groups in total. The van der Waals surface area contributed by atoms with E-state index >= 15 is 0 Å². The summed E-state index contributed by atoms with van der Waals surface area (Å²) in [5.74, 6) is 0. The molecule has 1 heterocycles. The predicted octanol–water partition coefficient (Wildman–Crippen LogP) is 4.44. The summed E-state index contributed by atoms with van der Waals surface area (Å²) in [7, 11) is 0. The summed E-state index contributed by atoms with van der Waals surface area (Å²) in [4.78, 5) is 0. The summed E-state index contributed by atoms with van der Waals surface area (Å²) in [6.07, 6.45) is 6.00. The van der Waals surface area contributed by atoms with Crippen LogP contribution in [0.15, 0.2) is 36.5 Å². The molecule has 1 aromatic carbocycles. The number of aryl methyl sites for hydroxylation is 3. The number of aromatic nitrogens is 1. The van der Waals surface area contributed by atoms with Gasteiger partial charge in [0.1, 0.15) is 0 Å². The molecule has 1 aromatic heterocycles. The Morgan fingerprint density at radius 3 is 2.28 bits per heavy atom. The maximum absolute atomic E-state index is 2.40. The van der Waals surface area contributed by atoms with Gasteiger partial charge in [-0.3, -0.25) is 0 Å². The van der Waals surface area contributed by atoms with Crippen LogP contribution in [0.3, 0.4) is 0 Å². The third kappa shape index (κ3) is 3.04. The summed E-state index contributed by atoms with van der Waals surface area (Å²) in [6.45, 7) is 7.78. The summed E-state index contributed by atoms with van der Waals surface area (Å²) in [6, 6.07) is 10.8. The zero-order chi connectivity index (χ0) is 13.0. The molecule has 0 aliphatic rings. The van der Waals surface area contributed by atoms with E-state index in [0.29, 0.717) is 0 Å². The highest BCUT2D eigenvalue weighted by Crippen LogP contribution is 2.15. The molecule has 1 nitrogen and oxygen atoms in total. The molecule has 0 unspecified atom stereocenters. The molecule has 1 heteroatoms. The van der Waals surface area contributed by atoms with Crippen LogP contribution in [0.25, 0.3) is 0 Å². The van der Waals surface area contributed by atoms with Crippen LogP contribution >= 0.6 is 0 Å². The molecule has 2 rings (SSSR count). The summed E-state index contributed by atoms with van der Waals surface area (Å²) >= 11 is 0. The van der Waals surface area contributed by atoms with Crippen LogP contribution in [0.2, 0.25) is 0 Å². The highest BCUT2D eigenvalue weighted by atomic mass is 15.0. The molecular formula is C17H23N. The second kappa shape index (κ2) is 5.90. The second-order valence-electron chi connectivity index (χ2n) is 5.16. The number of nitrogens with zero attached hydrogens (tertiary/aromatic N) is 1. The quantitative estimate of drug-likeness (QED) is 0.682. The van der Waals surface area contributed by atoms with Gasteiger partial charge in [-0.1, -0.05) is 30.3 Å². The minimum atomic E-state index is 1.15. The first kappa shape index (κ1) is 12.9. The monoisotopic (exact) mass is 241 g/mol. The van der Waals surface area contributed by atoms with E-state index in [-0.39, 0.29) is 0 Å². The van der Waals surface area contributed by atoms with E-state index in [1.165, 1.54) is 41.6 Å². The molecule has 0 saturated carbocycles. The first-order valence-electron chi connectivity index (χ1n) is 6.85. The van der Waals surface area contributed by atoms with Gasteiger partial charge in [0.05, 0.1) is 0 Å². The maximum atomic E-state index is 2.40. The summed E-state index contributed by atoms with van der Waals surface area (Å²) in [5.41, 5.74) is 5.73. The Kier molecular flexibility index (Phi) is 4.24. The highest BCUT2D eigenvalue weighted by molar-refractivity contribution is 5.28. The van der Waals surface area contributed by atoms with Crippen LogP contribution in [0.5, 0.6) is 0 Å². The van der Waals surface area contributed by atoms with Crippen molar-refractivity contribution in [3.63, 3.8) is 0 Å². The number of rotatable bonds is 5. The van der Waals surface area contributed by atoms with Gasteiger partial charge in [-0.25, -0.2) is 0 Å². The number of unbranched alkanes of at least 4 members (excludes halogenated alkanes) is 1. The lowest BCUT2D eigenvalue weighted by molar-refractivity contribution is 0.600. The Morgan fingerprint density at radius 1 is 0.944 bits per heavy atom. The third-order valence-corrected chi connectivity index (χ3v) is 3.87. The van der Waals surface area contributed by atoms with E-state index < -0.39 is 0 Å². The van der Waals surface area contributed by atoms with Crippen LogP contribution in [0.1, 0.15) is 35.2 Å². The molecule has 0 radical (unpaired) electrons. The van der Waals surface area contributed by atoms with Gasteiger partial charge in [-0.15, -0.1) is 0 Å². The van der Waals surface area contributed by atoms with Crippen LogP contribution in [-0.2, 0) is 13.0 Å². The van der Waals surface area contributed by atoms with Crippen LogP contribution in [0, 0.1) is 20.8 Å². The van der Waals surface area contributed by atoms with Gasteiger partial charge < -0.3 is 4.57 Å². The minimum Gasteiger partial charge on any atom is -0.351 e. The molecule has 0 bridgehead atoms. The summed E-state index contributed by atoms with van der Waals surface area (Å²) in [5, 5.41) is 0. The van der Waals surface area contributed by atoms with E-state index in [4.69, 9.17) is 0 Å². The standard InChI is InChI=1S/C17H23N/c1-14-13-18(16(3)15(14)2)12-8-7-11-17-9-5-4-6-10-17/h4-6,9-10,13H,7-8,11-12H2,1-3H3. The fourth-order valence-electron chi connectivity index (χ4n) is 2.42. The molecule has 0 aliphatic carbocycles. The third-order valence-electron chi connectivity index (χ3n) is 3.87. The second-order valence-corrected chi connectivity index (χ2v) is 5.16. The Balaban J connectivity index is 1.80. The largest absolute Gasteiger partial charge is 0.351 e. The van der Waals surface area contributed by atoms with Gasteiger partial charge in [0, 0.05) is 18.4 Å². The van der Waals surface area contributed by atoms with E-state index in [0.717, 1.165) is 6.54 Å². The highest BCUT2D eigenvalue weighted by Gasteiger charge is 2.04. The molecular weight excluding hydrogens is 218 g/mol. The molecule has 0 saturated heterocycles. The molecule has 2 aromatic rings. The van der Waals surface area contributed by atoms with Crippen molar-refractivity contribution in [3.05, 3.63) is 58.9 Å². The fourth-order valence-corrected chi connectivity index (χ4v) is 2.42. The van der Waals surface area contributed by atoms with E-state index in [1.807, 2.05) is 0 Å². The van der Waals surface area contributed by atoms with Crippen molar-refractivity contribution < 1.29 is 0 Å². The summed E-state index contributed by atoms with van der Waals surface area (Å²) < 4.78 is 2.40.